The molecule has 30 heavy (non-hydrogen) atoms. The number of hydrogen-bond donors (Lipinski definition) is 2. The molecule has 0 aliphatic heterocycles. The molecule has 0 aliphatic rings. The zero-order valence-electron chi connectivity index (χ0n) is 15.9. The van der Waals surface area contributed by atoms with Crippen molar-refractivity contribution in [2.24, 2.45) is 0 Å². The Labute approximate surface area is 183 Å². The first-order valence-electron chi connectivity index (χ1n) is 8.84. The van der Waals surface area contributed by atoms with E-state index in [1.54, 1.807) is 48.5 Å². The van der Waals surface area contributed by atoms with Crippen LogP contribution < -0.4 is 15.8 Å². The first-order valence-corrected chi connectivity index (χ1v) is 9.60. The molecule has 8 heteroatoms. The third kappa shape index (κ3) is 5.43. The highest BCUT2D eigenvalue weighted by Crippen LogP contribution is 2.32. The summed E-state index contributed by atoms with van der Waals surface area (Å²) in [6, 6.07) is 16.2. The Bertz CT molecular complexity index is 1060. The van der Waals surface area contributed by atoms with Crippen LogP contribution in [0, 0.1) is 0 Å². The van der Waals surface area contributed by atoms with Crippen molar-refractivity contribution in [3.63, 3.8) is 0 Å². The summed E-state index contributed by atoms with van der Waals surface area (Å²) in [6.07, 6.45) is 0. The van der Waals surface area contributed by atoms with Crippen LogP contribution in [0.4, 0.5) is 5.69 Å². The summed E-state index contributed by atoms with van der Waals surface area (Å²) in [7, 11) is 1.30. The summed E-state index contributed by atoms with van der Waals surface area (Å²) >= 11 is 12.2. The molecular formula is C22H18Cl2N2O4. The van der Waals surface area contributed by atoms with E-state index in [4.69, 9.17) is 33.7 Å². The molecule has 0 aromatic heterocycles. The van der Waals surface area contributed by atoms with E-state index >= 15 is 0 Å². The van der Waals surface area contributed by atoms with Gasteiger partial charge in [-0.2, -0.15) is 0 Å². The second kappa shape index (κ2) is 9.52. The standard InChI is InChI=1S/C22H18Cl2N2O4/c1-29-22(28)15-5-3-14(4-6-15)21(27)26-12-13-2-7-19(24)20(8-13)30-18-10-16(23)9-17(25)11-18/h2-11H,12,25H2,1H3,(H,26,27). The van der Waals surface area contributed by atoms with E-state index in [1.807, 2.05) is 0 Å². The van der Waals surface area contributed by atoms with Gasteiger partial charge in [0, 0.05) is 28.9 Å². The van der Waals surface area contributed by atoms with Gasteiger partial charge in [0.05, 0.1) is 17.7 Å². The molecule has 0 aliphatic carbocycles. The minimum Gasteiger partial charge on any atom is -0.465 e. The zero-order valence-corrected chi connectivity index (χ0v) is 17.5. The molecule has 1 amide bonds. The SMILES string of the molecule is COC(=O)c1ccc(C(=O)NCc2ccc(Cl)c(Oc3cc(N)cc(Cl)c3)c2)cc1. The van der Waals surface area contributed by atoms with Crippen LogP contribution in [0.3, 0.4) is 0 Å². The zero-order chi connectivity index (χ0) is 21.7. The highest BCUT2D eigenvalue weighted by molar-refractivity contribution is 6.32. The predicted octanol–water partition coefficient (Wildman–Crippen LogP) is 5.08. The Morgan fingerprint density at radius 3 is 2.33 bits per heavy atom. The Kier molecular flexibility index (Phi) is 6.82. The number of methoxy groups -OCH3 is 1. The maximum absolute atomic E-state index is 12.4. The molecule has 0 spiro atoms. The van der Waals surface area contributed by atoms with Crippen LogP contribution in [0.25, 0.3) is 0 Å². The van der Waals surface area contributed by atoms with Gasteiger partial charge in [0.1, 0.15) is 11.5 Å². The Hall–Kier alpha value is -3.22. The van der Waals surface area contributed by atoms with Gasteiger partial charge in [-0.3, -0.25) is 4.79 Å². The van der Waals surface area contributed by atoms with E-state index in [0.29, 0.717) is 38.4 Å². The van der Waals surface area contributed by atoms with Gasteiger partial charge in [-0.15, -0.1) is 0 Å². The summed E-state index contributed by atoms with van der Waals surface area (Å²) in [5.41, 5.74) is 7.82. The number of ether oxygens (including phenoxy) is 2. The number of carbonyl (C=O) groups excluding carboxylic acids is 2. The van der Waals surface area contributed by atoms with Gasteiger partial charge in [-0.25, -0.2) is 4.79 Å². The quantitative estimate of drug-likeness (QED) is 0.408. The monoisotopic (exact) mass is 444 g/mol. The van der Waals surface area contributed by atoms with Gasteiger partial charge in [0.15, 0.2) is 0 Å². The molecular weight excluding hydrogens is 427 g/mol. The van der Waals surface area contributed by atoms with Crippen LogP contribution in [0.15, 0.2) is 60.7 Å². The molecule has 3 aromatic rings. The number of halogens is 2. The average Bonchev–Trinajstić information content (AvgIpc) is 2.73. The molecule has 0 unspecified atom stereocenters. The predicted molar refractivity (Wildman–Crippen MR) is 116 cm³/mol. The number of amides is 1. The van der Waals surface area contributed by atoms with E-state index in [1.165, 1.54) is 19.2 Å². The Morgan fingerprint density at radius 2 is 1.67 bits per heavy atom. The number of nitrogens with one attached hydrogen (secondary N) is 1. The maximum Gasteiger partial charge on any atom is 0.337 e. The van der Waals surface area contributed by atoms with Gasteiger partial charge < -0.3 is 20.5 Å². The van der Waals surface area contributed by atoms with E-state index in [-0.39, 0.29) is 12.5 Å². The van der Waals surface area contributed by atoms with Crippen molar-refractivity contribution in [3.8, 4) is 11.5 Å². The van der Waals surface area contributed by atoms with Crippen molar-refractivity contribution < 1.29 is 19.1 Å². The molecule has 0 saturated carbocycles. The van der Waals surface area contributed by atoms with E-state index in [0.717, 1.165) is 5.56 Å². The van der Waals surface area contributed by atoms with Crippen LogP contribution in [-0.4, -0.2) is 19.0 Å². The van der Waals surface area contributed by atoms with Crippen LogP contribution in [0.5, 0.6) is 11.5 Å². The number of nitrogen functional groups attached to an aromatic ring is 1. The molecule has 0 bridgehead atoms. The van der Waals surface area contributed by atoms with Crippen LogP contribution in [0.2, 0.25) is 10.0 Å². The second-order valence-corrected chi connectivity index (χ2v) is 7.18. The fourth-order valence-corrected chi connectivity index (χ4v) is 3.06. The van der Waals surface area contributed by atoms with Crippen LogP contribution in [-0.2, 0) is 11.3 Å². The maximum atomic E-state index is 12.4. The number of hydrogen-bond acceptors (Lipinski definition) is 5. The van der Waals surface area contributed by atoms with Gasteiger partial charge in [-0.1, -0.05) is 29.3 Å². The normalized spacial score (nSPS) is 10.4. The van der Waals surface area contributed by atoms with Gasteiger partial charge in [-0.05, 0) is 54.1 Å². The lowest BCUT2D eigenvalue weighted by Gasteiger charge is -2.11. The lowest BCUT2D eigenvalue weighted by Crippen LogP contribution is -2.22. The minimum atomic E-state index is -0.461. The lowest BCUT2D eigenvalue weighted by molar-refractivity contribution is 0.0600. The molecule has 3 N–H and O–H groups in total. The fraction of sp³-hybridized carbons (Fsp3) is 0.0909. The summed E-state index contributed by atoms with van der Waals surface area (Å²) in [4.78, 5) is 23.8. The molecule has 0 atom stereocenters. The van der Waals surface area contributed by atoms with Crippen molar-refractivity contribution in [1.29, 1.82) is 0 Å². The largest absolute Gasteiger partial charge is 0.465 e. The second-order valence-electron chi connectivity index (χ2n) is 6.34. The van der Waals surface area contributed by atoms with Crippen molar-refractivity contribution in [2.75, 3.05) is 12.8 Å². The van der Waals surface area contributed by atoms with Crippen LogP contribution in [0.1, 0.15) is 26.3 Å². The summed E-state index contributed by atoms with van der Waals surface area (Å²) in [5.74, 6) is 0.116. The highest BCUT2D eigenvalue weighted by atomic mass is 35.5. The molecule has 3 aromatic carbocycles. The number of nitrogens with two attached hydrogens (primary N) is 1. The molecule has 154 valence electrons. The van der Waals surface area contributed by atoms with Gasteiger partial charge in [0.25, 0.3) is 5.91 Å². The molecule has 3 rings (SSSR count). The third-order valence-electron chi connectivity index (χ3n) is 4.14. The smallest absolute Gasteiger partial charge is 0.337 e. The Balaban J connectivity index is 1.67. The van der Waals surface area contributed by atoms with Crippen molar-refractivity contribution in [1.82, 2.24) is 5.32 Å². The van der Waals surface area contributed by atoms with E-state index in [9.17, 15) is 9.59 Å². The van der Waals surface area contributed by atoms with Gasteiger partial charge in [0.2, 0.25) is 0 Å². The fourth-order valence-electron chi connectivity index (χ4n) is 2.67. The van der Waals surface area contributed by atoms with Crippen LogP contribution >= 0.6 is 23.2 Å². The summed E-state index contributed by atoms with van der Waals surface area (Å²) in [5, 5.41) is 3.66. The van der Waals surface area contributed by atoms with Crippen molar-refractivity contribution in [3.05, 3.63) is 87.4 Å². The number of anilines is 1. The Morgan fingerprint density at radius 1 is 0.967 bits per heavy atom. The molecule has 6 nitrogen and oxygen atoms in total. The average molecular weight is 445 g/mol. The molecule has 0 radical (unpaired) electrons. The van der Waals surface area contributed by atoms with E-state index in [2.05, 4.69) is 10.1 Å². The molecule has 0 fully saturated rings. The number of carbonyl (C=O) groups is 2. The number of esters is 1. The highest BCUT2D eigenvalue weighted by Gasteiger charge is 2.10. The molecule has 0 saturated heterocycles. The number of rotatable bonds is 6. The van der Waals surface area contributed by atoms with Crippen molar-refractivity contribution in [2.45, 2.75) is 6.54 Å². The molecule has 0 heterocycles. The first kappa shape index (κ1) is 21.5. The summed E-state index contributed by atoms with van der Waals surface area (Å²) in [6.45, 7) is 0.253. The number of benzene rings is 3. The van der Waals surface area contributed by atoms with Crippen molar-refractivity contribution >= 4 is 40.8 Å². The van der Waals surface area contributed by atoms with E-state index < -0.39 is 5.97 Å². The lowest BCUT2D eigenvalue weighted by atomic mass is 10.1. The topological polar surface area (TPSA) is 90.7 Å². The minimum absolute atomic E-state index is 0.253. The third-order valence-corrected chi connectivity index (χ3v) is 4.67. The van der Waals surface area contributed by atoms with Gasteiger partial charge >= 0.3 is 5.97 Å². The summed E-state index contributed by atoms with van der Waals surface area (Å²) < 4.78 is 10.4. The first-order chi connectivity index (χ1) is 14.4.